The van der Waals surface area contributed by atoms with Crippen LogP contribution in [0.1, 0.15) is 33.6 Å². The van der Waals surface area contributed by atoms with E-state index >= 15 is 0 Å². The molecule has 4 nitrogen and oxygen atoms in total. The molecule has 0 aromatic heterocycles. The Morgan fingerprint density at radius 3 is 2.65 bits per heavy atom. The summed E-state index contributed by atoms with van der Waals surface area (Å²) in [6.07, 6.45) is 2.23. The first-order chi connectivity index (χ1) is 8.04. The Hall–Kier alpha value is -0.610. The van der Waals surface area contributed by atoms with E-state index in [0.717, 1.165) is 25.9 Å². The fourth-order valence-corrected chi connectivity index (χ4v) is 3.03. The van der Waals surface area contributed by atoms with Crippen LogP contribution in [0.3, 0.4) is 0 Å². The van der Waals surface area contributed by atoms with E-state index in [2.05, 4.69) is 42.9 Å². The summed E-state index contributed by atoms with van der Waals surface area (Å²) >= 11 is 0. The zero-order valence-corrected chi connectivity index (χ0v) is 11.4. The molecular formula is C13H25N3O. The third kappa shape index (κ3) is 2.33. The van der Waals surface area contributed by atoms with Crippen LogP contribution in [0.5, 0.6) is 0 Å². The summed E-state index contributed by atoms with van der Waals surface area (Å²) in [4.78, 5) is 16.8. The van der Waals surface area contributed by atoms with Crippen LogP contribution in [0.25, 0.3) is 0 Å². The zero-order chi connectivity index (χ0) is 12.6. The monoisotopic (exact) mass is 239 g/mol. The number of carbonyl (C=O) groups excluding carboxylic acids is 1. The van der Waals surface area contributed by atoms with Crippen molar-refractivity contribution in [3.05, 3.63) is 0 Å². The second-order valence-corrected chi connectivity index (χ2v) is 5.77. The van der Waals surface area contributed by atoms with Gasteiger partial charge in [0.1, 0.15) is 0 Å². The normalized spacial score (nSPS) is 35.2. The molecule has 4 heteroatoms. The standard InChI is InChI=1S/C13H25N3O/c1-5-11-13(17)16(12(14-11)9(2)3)10-6-7-15(4)8-10/h9-12,14H,5-8H2,1-4H3. The highest BCUT2D eigenvalue weighted by Gasteiger charge is 2.43. The highest BCUT2D eigenvalue weighted by molar-refractivity contribution is 5.84. The molecular weight excluding hydrogens is 214 g/mol. The van der Waals surface area contributed by atoms with Gasteiger partial charge in [-0.25, -0.2) is 0 Å². The van der Waals surface area contributed by atoms with Gasteiger partial charge in [0.25, 0.3) is 0 Å². The lowest BCUT2D eigenvalue weighted by Gasteiger charge is -2.32. The van der Waals surface area contributed by atoms with Crippen LogP contribution < -0.4 is 5.32 Å². The summed E-state index contributed by atoms with van der Waals surface area (Å²) in [5, 5.41) is 3.49. The van der Waals surface area contributed by atoms with Crippen LogP contribution in [0.4, 0.5) is 0 Å². The van der Waals surface area contributed by atoms with Crippen molar-refractivity contribution < 1.29 is 4.79 Å². The average molecular weight is 239 g/mol. The van der Waals surface area contributed by atoms with Crippen molar-refractivity contribution in [1.29, 1.82) is 0 Å². The molecule has 17 heavy (non-hydrogen) atoms. The molecule has 0 aromatic carbocycles. The lowest BCUT2D eigenvalue weighted by molar-refractivity contribution is -0.132. The lowest BCUT2D eigenvalue weighted by atomic mass is 10.1. The van der Waals surface area contributed by atoms with Crippen LogP contribution in [0.15, 0.2) is 0 Å². The second-order valence-electron chi connectivity index (χ2n) is 5.77. The Balaban J connectivity index is 2.14. The van der Waals surface area contributed by atoms with E-state index in [1.807, 2.05) is 0 Å². The van der Waals surface area contributed by atoms with Gasteiger partial charge in [-0.05, 0) is 32.4 Å². The first-order valence-electron chi connectivity index (χ1n) is 6.81. The van der Waals surface area contributed by atoms with E-state index in [1.54, 1.807) is 0 Å². The summed E-state index contributed by atoms with van der Waals surface area (Å²) in [6.45, 7) is 8.59. The fourth-order valence-electron chi connectivity index (χ4n) is 3.03. The van der Waals surface area contributed by atoms with Crippen molar-refractivity contribution in [3.63, 3.8) is 0 Å². The van der Waals surface area contributed by atoms with Crippen molar-refractivity contribution in [2.45, 2.75) is 51.9 Å². The maximum Gasteiger partial charge on any atom is 0.241 e. The third-order valence-corrected chi connectivity index (χ3v) is 4.02. The van der Waals surface area contributed by atoms with Gasteiger partial charge in [-0.3, -0.25) is 10.1 Å². The molecule has 1 N–H and O–H groups in total. The number of nitrogens with zero attached hydrogens (tertiary/aromatic N) is 2. The predicted molar refractivity (Wildman–Crippen MR) is 68.6 cm³/mol. The predicted octanol–water partition coefficient (Wildman–Crippen LogP) is 0.883. The van der Waals surface area contributed by atoms with Crippen molar-refractivity contribution >= 4 is 5.91 Å². The van der Waals surface area contributed by atoms with Crippen LogP contribution in [0.2, 0.25) is 0 Å². The fraction of sp³-hybridized carbons (Fsp3) is 0.923. The highest BCUT2D eigenvalue weighted by Crippen LogP contribution is 2.26. The Morgan fingerprint density at radius 1 is 1.47 bits per heavy atom. The number of likely N-dealkylation sites (N-methyl/N-ethyl adjacent to an activating group) is 1. The van der Waals surface area contributed by atoms with Crippen molar-refractivity contribution in [2.75, 3.05) is 20.1 Å². The van der Waals surface area contributed by atoms with Crippen LogP contribution in [-0.2, 0) is 4.79 Å². The average Bonchev–Trinajstić information content (AvgIpc) is 2.82. The van der Waals surface area contributed by atoms with E-state index in [4.69, 9.17) is 0 Å². The second kappa shape index (κ2) is 4.94. The van der Waals surface area contributed by atoms with Crippen molar-refractivity contribution in [1.82, 2.24) is 15.1 Å². The van der Waals surface area contributed by atoms with Crippen LogP contribution in [0, 0.1) is 5.92 Å². The number of rotatable bonds is 3. The minimum Gasteiger partial charge on any atom is -0.321 e. The molecule has 0 spiro atoms. The molecule has 2 aliphatic rings. The molecule has 0 radical (unpaired) electrons. The summed E-state index contributed by atoms with van der Waals surface area (Å²) in [6, 6.07) is 0.442. The molecule has 0 aliphatic carbocycles. The minimum absolute atomic E-state index is 0.0355. The summed E-state index contributed by atoms with van der Waals surface area (Å²) < 4.78 is 0. The molecule has 1 amide bonds. The topological polar surface area (TPSA) is 35.6 Å². The number of nitrogens with one attached hydrogen (secondary N) is 1. The van der Waals surface area contributed by atoms with Gasteiger partial charge in [0.05, 0.1) is 12.2 Å². The molecule has 3 unspecified atom stereocenters. The van der Waals surface area contributed by atoms with Gasteiger partial charge in [-0.15, -0.1) is 0 Å². The summed E-state index contributed by atoms with van der Waals surface area (Å²) in [5.41, 5.74) is 0. The largest absolute Gasteiger partial charge is 0.321 e. The van der Waals surface area contributed by atoms with Crippen LogP contribution >= 0.6 is 0 Å². The Bertz CT molecular complexity index is 292. The summed E-state index contributed by atoms with van der Waals surface area (Å²) in [7, 11) is 2.13. The lowest BCUT2D eigenvalue weighted by Crippen LogP contribution is -2.48. The Kier molecular flexibility index (Phi) is 3.73. The first kappa shape index (κ1) is 12.8. The number of carbonyl (C=O) groups is 1. The van der Waals surface area contributed by atoms with E-state index in [1.165, 1.54) is 0 Å². The number of hydrogen-bond donors (Lipinski definition) is 1. The van der Waals surface area contributed by atoms with E-state index in [9.17, 15) is 4.79 Å². The third-order valence-electron chi connectivity index (χ3n) is 4.02. The molecule has 0 aromatic rings. The smallest absolute Gasteiger partial charge is 0.241 e. The van der Waals surface area contributed by atoms with Crippen LogP contribution in [-0.4, -0.2) is 54.1 Å². The SMILES string of the molecule is CCC1NC(C(C)C)N(C2CCN(C)C2)C1=O. The van der Waals surface area contributed by atoms with Gasteiger partial charge in [0.15, 0.2) is 0 Å². The molecule has 2 fully saturated rings. The molecule has 98 valence electrons. The molecule has 2 heterocycles. The molecule has 2 saturated heterocycles. The van der Waals surface area contributed by atoms with Gasteiger partial charge in [-0.1, -0.05) is 20.8 Å². The van der Waals surface area contributed by atoms with Crippen molar-refractivity contribution in [3.8, 4) is 0 Å². The molecule has 3 atom stereocenters. The van der Waals surface area contributed by atoms with E-state index in [-0.39, 0.29) is 12.2 Å². The Labute approximate surface area is 104 Å². The van der Waals surface area contributed by atoms with Gasteiger partial charge in [-0.2, -0.15) is 0 Å². The first-order valence-corrected chi connectivity index (χ1v) is 6.81. The molecule has 2 aliphatic heterocycles. The zero-order valence-electron chi connectivity index (χ0n) is 11.4. The van der Waals surface area contributed by atoms with E-state index < -0.39 is 0 Å². The molecule has 0 bridgehead atoms. The number of hydrogen-bond acceptors (Lipinski definition) is 3. The van der Waals surface area contributed by atoms with Gasteiger partial charge >= 0.3 is 0 Å². The van der Waals surface area contributed by atoms with Crippen molar-refractivity contribution in [2.24, 2.45) is 5.92 Å². The highest BCUT2D eigenvalue weighted by atomic mass is 16.2. The summed E-state index contributed by atoms with van der Waals surface area (Å²) in [5.74, 6) is 0.785. The quantitative estimate of drug-likeness (QED) is 0.794. The minimum atomic E-state index is 0.0355. The van der Waals surface area contributed by atoms with Gasteiger partial charge < -0.3 is 9.80 Å². The van der Waals surface area contributed by atoms with Gasteiger partial charge in [0, 0.05) is 12.6 Å². The van der Waals surface area contributed by atoms with Gasteiger partial charge in [0.2, 0.25) is 5.91 Å². The maximum absolute atomic E-state index is 12.4. The maximum atomic E-state index is 12.4. The molecule has 2 rings (SSSR count). The van der Waals surface area contributed by atoms with E-state index in [0.29, 0.717) is 17.9 Å². The Morgan fingerprint density at radius 2 is 2.18 bits per heavy atom. The number of likely N-dealkylation sites (tertiary alicyclic amines) is 1. The number of amides is 1. The molecule has 0 saturated carbocycles.